The van der Waals surface area contributed by atoms with Crippen molar-refractivity contribution in [3.8, 4) is 11.3 Å². The minimum Gasteiger partial charge on any atom is -0.383 e. The third kappa shape index (κ3) is 5.30. The van der Waals surface area contributed by atoms with E-state index in [1.807, 2.05) is 37.4 Å². The van der Waals surface area contributed by atoms with Crippen molar-refractivity contribution < 1.29 is 18.4 Å². The average Bonchev–Trinajstić information content (AvgIpc) is 3.30. The molecule has 4 rings (SSSR count). The molecule has 180 valence electrons. The number of benzene rings is 2. The molecule has 0 spiro atoms. The first kappa shape index (κ1) is 24.0. The second-order valence-electron chi connectivity index (χ2n) is 8.78. The molecular formula is C27H32FN3O3. The highest BCUT2D eigenvalue weighted by atomic mass is 19.1. The van der Waals surface area contributed by atoms with Crippen LogP contribution in [0.1, 0.15) is 48.0 Å². The van der Waals surface area contributed by atoms with Gasteiger partial charge in [0, 0.05) is 32.3 Å². The number of anilines is 1. The van der Waals surface area contributed by atoms with Crippen LogP contribution in [0.5, 0.6) is 0 Å². The maximum atomic E-state index is 14.5. The van der Waals surface area contributed by atoms with E-state index in [1.54, 1.807) is 24.1 Å². The Hall–Kier alpha value is -3.19. The van der Waals surface area contributed by atoms with Gasteiger partial charge >= 0.3 is 0 Å². The summed E-state index contributed by atoms with van der Waals surface area (Å²) in [6, 6.07) is 16.2. The van der Waals surface area contributed by atoms with Crippen molar-refractivity contribution in [2.45, 2.75) is 44.7 Å². The first-order valence-electron chi connectivity index (χ1n) is 11.9. The van der Waals surface area contributed by atoms with Crippen LogP contribution in [0.2, 0.25) is 0 Å². The van der Waals surface area contributed by atoms with Crippen molar-refractivity contribution in [2.24, 2.45) is 0 Å². The van der Waals surface area contributed by atoms with Gasteiger partial charge in [0.15, 0.2) is 0 Å². The Labute approximate surface area is 200 Å². The minimum atomic E-state index is -0.539. The minimum absolute atomic E-state index is 0.0403. The zero-order valence-electron chi connectivity index (χ0n) is 19.9. The van der Waals surface area contributed by atoms with Crippen LogP contribution in [0.3, 0.4) is 0 Å². The van der Waals surface area contributed by atoms with E-state index < -0.39 is 5.82 Å². The molecule has 6 nitrogen and oxygen atoms in total. The summed E-state index contributed by atoms with van der Waals surface area (Å²) < 4.78 is 25.6. The summed E-state index contributed by atoms with van der Waals surface area (Å²) in [5.74, 6) is -0.265. The van der Waals surface area contributed by atoms with Crippen molar-refractivity contribution in [3.05, 3.63) is 71.5 Å². The number of methoxy groups -OCH3 is 1. The Morgan fingerprint density at radius 2 is 1.79 bits per heavy atom. The number of halogens is 1. The summed E-state index contributed by atoms with van der Waals surface area (Å²) in [5.41, 5.74) is 2.47. The lowest BCUT2D eigenvalue weighted by Gasteiger charge is -2.32. The van der Waals surface area contributed by atoms with Gasteiger partial charge in [-0.2, -0.15) is 0 Å². The van der Waals surface area contributed by atoms with E-state index in [9.17, 15) is 9.18 Å². The van der Waals surface area contributed by atoms with Crippen molar-refractivity contribution in [1.82, 2.24) is 10.1 Å². The zero-order valence-corrected chi connectivity index (χ0v) is 19.9. The van der Waals surface area contributed by atoms with Crippen LogP contribution in [0.15, 0.2) is 59.1 Å². The highest BCUT2D eigenvalue weighted by Gasteiger charge is 2.29. The number of nitrogens with zero attached hydrogens (tertiary/aromatic N) is 3. The van der Waals surface area contributed by atoms with E-state index in [0.29, 0.717) is 30.8 Å². The van der Waals surface area contributed by atoms with E-state index >= 15 is 0 Å². The van der Waals surface area contributed by atoms with Gasteiger partial charge in [-0.15, -0.1) is 0 Å². The third-order valence-electron chi connectivity index (χ3n) is 6.56. The molecule has 7 heteroatoms. The molecule has 0 bridgehead atoms. The first-order chi connectivity index (χ1) is 16.6. The summed E-state index contributed by atoms with van der Waals surface area (Å²) in [6.07, 6.45) is 5.83. The molecule has 1 heterocycles. The molecule has 1 aliphatic rings. The van der Waals surface area contributed by atoms with Gasteiger partial charge in [0.25, 0.3) is 5.91 Å². The number of ether oxygens (including phenoxy) is 1. The summed E-state index contributed by atoms with van der Waals surface area (Å²) in [4.78, 5) is 17.2. The van der Waals surface area contributed by atoms with E-state index in [2.05, 4.69) is 10.1 Å². The quantitative estimate of drug-likeness (QED) is 0.415. The average molecular weight is 466 g/mol. The molecule has 0 radical (unpaired) electrons. The van der Waals surface area contributed by atoms with Gasteiger partial charge in [0.1, 0.15) is 11.5 Å². The predicted molar refractivity (Wildman–Crippen MR) is 130 cm³/mol. The molecule has 1 saturated carbocycles. The van der Waals surface area contributed by atoms with Gasteiger partial charge in [-0.05, 0) is 25.0 Å². The fourth-order valence-corrected chi connectivity index (χ4v) is 4.63. The Balaban J connectivity index is 1.72. The van der Waals surface area contributed by atoms with Gasteiger partial charge in [0.2, 0.25) is 5.88 Å². The normalized spacial score (nSPS) is 14.2. The number of hydrogen-bond donors (Lipinski definition) is 0. The summed E-state index contributed by atoms with van der Waals surface area (Å²) in [7, 11) is 3.62. The smallest absolute Gasteiger partial charge is 0.257 e. The topological polar surface area (TPSA) is 58.8 Å². The van der Waals surface area contributed by atoms with Crippen LogP contribution in [-0.2, 0) is 11.3 Å². The van der Waals surface area contributed by atoms with E-state index in [4.69, 9.17) is 9.26 Å². The zero-order chi connectivity index (χ0) is 23.9. The number of aromatic nitrogens is 1. The lowest BCUT2D eigenvalue weighted by atomic mass is 9.94. The lowest BCUT2D eigenvalue weighted by molar-refractivity contribution is 0.0676. The SMILES string of the molecule is COCCN(Cc1c(-c2ccccc2)noc1N(C)C1CCCCC1)C(=O)c1ccccc1F. The molecule has 1 amide bonds. The molecular weight excluding hydrogens is 433 g/mol. The Kier molecular flexibility index (Phi) is 7.95. The molecule has 0 unspecified atom stereocenters. The fourth-order valence-electron chi connectivity index (χ4n) is 4.63. The molecule has 1 fully saturated rings. The summed E-state index contributed by atoms with van der Waals surface area (Å²) in [6.45, 7) is 0.881. The molecule has 3 aromatic rings. The predicted octanol–water partition coefficient (Wildman–Crippen LogP) is 5.54. The van der Waals surface area contributed by atoms with Gasteiger partial charge in [-0.3, -0.25) is 4.79 Å². The number of carbonyl (C=O) groups excluding carboxylic acids is 1. The Bertz CT molecular complexity index is 1080. The van der Waals surface area contributed by atoms with E-state index in [0.717, 1.165) is 24.0 Å². The van der Waals surface area contributed by atoms with Crippen molar-refractivity contribution in [3.63, 3.8) is 0 Å². The van der Waals surface area contributed by atoms with Crippen LogP contribution < -0.4 is 4.90 Å². The molecule has 2 aromatic carbocycles. The fraction of sp³-hybridized carbons (Fsp3) is 0.407. The monoisotopic (exact) mass is 465 g/mol. The van der Waals surface area contributed by atoms with Crippen molar-refractivity contribution in [2.75, 3.05) is 32.2 Å². The number of hydrogen-bond acceptors (Lipinski definition) is 5. The highest BCUT2D eigenvalue weighted by Crippen LogP contribution is 2.35. The molecule has 0 N–H and O–H groups in total. The lowest BCUT2D eigenvalue weighted by Crippen LogP contribution is -2.36. The summed E-state index contributed by atoms with van der Waals surface area (Å²) in [5, 5.41) is 4.43. The van der Waals surface area contributed by atoms with Gasteiger partial charge in [-0.1, -0.05) is 66.9 Å². The maximum absolute atomic E-state index is 14.5. The second-order valence-corrected chi connectivity index (χ2v) is 8.78. The Morgan fingerprint density at radius 3 is 2.50 bits per heavy atom. The number of rotatable bonds is 9. The highest BCUT2D eigenvalue weighted by molar-refractivity contribution is 5.94. The summed E-state index contributed by atoms with van der Waals surface area (Å²) >= 11 is 0. The largest absolute Gasteiger partial charge is 0.383 e. The molecule has 1 aromatic heterocycles. The molecule has 0 atom stereocenters. The van der Waals surface area contributed by atoms with Crippen LogP contribution in [0.25, 0.3) is 11.3 Å². The standard InChI is InChI=1S/C27H32FN3O3/c1-30(21-13-7-4-8-14-21)27-23(25(29-34-27)20-11-5-3-6-12-20)19-31(17-18-33-2)26(32)22-15-9-10-16-24(22)28/h3,5-6,9-12,15-16,21H,4,7-8,13-14,17-19H2,1-2H3. The molecule has 1 aliphatic carbocycles. The van der Waals surface area contributed by atoms with E-state index in [1.165, 1.54) is 31.4 Å². The van der Waals surface area contributed by atoms with Crippen molar-refractivity contribution >= 4 is 11.8 Å². The maximum Gasteiger partial charge on any atom is 0.257 e. The number of amides is 1. The molecule has 0 saturated heterocycles. The van der Waals surface area contributed by atoms with Crippen LogP contribution >= 0.6 is 0 Å². The van der Waals surface area contributed by atoms with Crippen LogP contribution in [0.4, 0.5) is 10.3 Å². The second kappa shape index (κ2) is 11.3. The Morgan fingerprint density at radius 1 is 1.09 bits per heavy atom. The van der Waals surface area contributed by atoms with Gasteiger partial charge in [0.05, 0.1) is 24.3 Å². The first-order valence-corrected chi connectivity index (χ1v) is 11.9. The molecule has 0 aliphatic heterocycles. The van der Waals surface area contributed by atoms with Gasteiger partial charge < -0.3 is 19.1 Å². The molecule has 34 heavy (non-hydrogen) atoms. The third-order valence-corrected chi connectivity index (χ3v) is 6.56. The van der Waals surface area contributed by atoms with Gasteiger partial charge in [-0.25, -0.2) is 4.39 Å². The van der Waals surface area contributed by atoms with Crippen molar-refractivity contribution in [1.29, 1.82) is 0 Å². The number of carbonyl (C=O) groups is 1. The van der Waals surface area contributed by atoms with E-state index in [-0.39, 0.29) is 18.0 Å². The van der Waals surface area contributed by atoms with Crippen LogP contribution in [-0.4, -0.2) is 49.3 Å². The van der Waals surface area contributed by atoms with Crippen LogP contribution in [0, 0.1) is 5.82 Å².